The van der Waals surface area contributed by atoms with Crippen LogP contribution in [0.15, 0.2) is 24.3 Å². The lowest BCUT2D eigenvalue weighted by atomic mass is 9.97. The minimum atomic E-state index is -0.231. The molecule has 132 valence electrons. The second-order valence-corrected chi connectivity index (χ2v) is 6.83. The number of fused-ring (bicyclic) bond motifs is 1. The summed E-state index contributed by atoms with van der Waals surface area (Å²) in [5, 5.41) is 7.16. The first-order chi connectivity index (χ1) is 12.2. The molecule has 1 aromatic carbocycles. The molecule has 1 N–H and O–H groups in total. The molecule has 2 atom stereocenters. The smallest absolute Gasteiger partial charge is 0.223 e. The van der Waals surface area contributed by atoms with Crippen LogP contribution in [0.25, 0.3) is 0 Å². The molecule has 2 aliphatic rings. The van der Waals surface area contributed by atoms with E-state index >= 15 is 0 Å². The molecule has 1 fully saturated rings. The summed E-state index contributed by atoms with van der Waals surface area (Å²) >= 11 is 0. The van der Waals surface area contributed by atoms with Crippen molar-refractivity contribution in [2.24, 2.45) is 0 Å². The summed E-state index contributed by atoms with van der Waals surface area (Å²) < 4.78 is 5.79. The van der Waals surface area contributed by atoms with E-state index < -0.39 is 0 Å². The van der Waals surface area contributed by atoms with Gasteiger partial charge in [0.1, 0.15) is 11.9 Å². The maximum atomic E-state index is 12.8. The number of aromatic amines is 1. The van der Waals surface area contributed by atoms with Crippen molar-refractivity contribution in [3.05, 3.63) is 47.0 Å². The maximum absolute atomic E-state index is 12.8. The quantitative estimate of drug-likeness (QED) is 0.928. The zero-order chi connectivity index (χ0) is 17.2. The molecule has 1 aromatic heterocycles. The number of ether oxygens (including phenoxy) is 1. The Hall–Kier alpha value is -2.21. The van der Waals surface area contributed by atoms with Gasteiger partial charge in [-0.25, -0.2) is 4.98 Å². The molecule has 2 heterocycles. The molecule has 1 saturated heterocycles. The average Bonchev–Trinajstić information content (AvgIpc) is 3.29. The molecule has 0 spiro atoms. The van der Waals surface area contributed by atoms with Crippen LogP contribution < -0.4 is 0 Å². The number of amides is 1. The predicted octanol–water partition coefficient (Wildman–Crippen LogP) is 2.39. The molecule has 0 bridgehead atoms. The maximum Gasteiger partial charge on any atom is 0.223 e. The number of benzene rings is 1. The number of hydrogen-bond acceptors (Lipinski definition) is 4. The van der Waals surface area contributed by atoms with Crippen molar-refractivity contribution in [3.63, 3.8) is 0 Å². The van der Waals surface area contributed by atoms with Gasteiger partial charge < -0.3 is 9.64 Å². The Labute approximate surface area is 147 Å². The Morgan fingerprint density at radius 3 is 3.12 bits per heavy atom. The van der Waals surface area contributed by atoms with E-state index in [9.17, 15) is 4.79 Å². The first-order valence-corrected chi connectivity index (χ1v) is 9.13. The van der Waals surface area contributed by atoms with Crippen LogP contribution in [0.2, 0.25) is 0 Å². The molecule has 0 radical (unpaired) electrons. The number of nitrogens with zero attached hydrogens (tertiary/aromatic N) is 3. The summed E-state index contributed by atoms with van der Waals surface area (Å²) in [6.07, 6.45) is 3.31. The van der Waals surface area contributed by atoms with Crippen LogP contribution in [-0.4, -0.2) is 45.7 Å². The van der Waals surface area contributed by atoms with Gasteiger partial charge in [0.15, 0.2) is 5.82 Å². The summed E-state index contributed by atoms with van der Waals surface area (Å²) in [5.41, 5.74) is 2.75. The van der Waals surface area contributed by atoms with Gasteiger partial charge in [-0.3, -0.25) is 9.89 Å². The average molecular weight is 340 g/mol. The van der Waals surface area contributed by atoms with Crippen molar-refractivity contribution >= 4 is 5.91 Å². The number of rotatable bonds is 4. The van der Waals surface area contributed by atoms with E-state index in [0.29, 0.717) is 37.9 Å². The number of morpholine rings is 1. The molecule has 6 nitrogen and oxygen atoms in total. The fourth-order valence-corrected chi connectivity index (χ4v) is 3.84. The lowest BCUT2D eigenvalue weighted by molar-refractivity contribution is -0.139. The lowest BCUT2D eigenvalue weighted by Crippen LogP contribution is -2.42. The Kier molecular flexibility index (Phi) is 4.53. The standard InChI is InChI=1S/C19H24N4O2/c1-2-17-20-19(22-21-17)16-12-23(9-10-25-16)18(24)11-14-8-7-13-5-3-4-6-15(13)14/h3-6,14,16H,2,7-12H2,1H3,(H,20,21,22)/t14-,16+/m1/s1. The predicted molar refractivity (Wildman–Crippen MR) is 93.2 cm³/mol. The van der Waals surface area contributed by atoms with Crippen molar-refractivity contribution in [2.45, 2.75) is 44.6 Å². The molecule has 25 heavy (non-hydrogen) atoms. The fraction of sp³-hybridized carbons (Fsp3) is 0.526. The minimum Gasteiger partial charge on any atom is -0.366 e. The largest absolute Gasteiger partial charge is 0.366 e. The molecule has 1 aliphatic heterocycles. The first-order valence-electron chi connectivity index (χ1n) is 9.13. The van der Waals surface area contributed by atoms with E-state index in [0.717, 1.165) is 25.1 Å². The van der Waals surface area contributed by atoms with Gasteiger partial charge in [0.25, 0.3) is 0 Å². The third-order valence-corrected chi connectivity index (χ3v) is 5.27. The highest BCUT2D eigenvalue weighted by molar-refractivity contribution is 5.77. The number of aryl methyl sites for hydroxylation is 2. The lowest BCUT2D eigenvalue weighted by Gasteiger charge is -2.32. The van der Waals surface area contributed by atoms with Crippen LogP contribution in [0.5, 0.6) is 0 Å². The third kappa shape index (κ3) is 3.31. The SMILES string of the molecule is CCc1nc([C@@H]2CN(C(=O)C[C@H]3CCc4ccccc43)CCO2)n[nH]1. The number of carbonyl (C=O) groups is 1. The van der Waals surface area contributed by atoms with Crippen LogP contribution in [0.3, 0.4) is 0 Å². The van der Waals surface area contributed by atoms with Crippen LogP contribution in [0, 0.1) is 0 Å². The number of carbonyl (C=O) groups excluding carboxylic acids is 1. The normalized spacial score (nSPS) is 22.8. The Morgan fingerprint density at radius 1 is 1.40 bits per heavy atom. The number of nitrogens with one attached hydrogen (secondary N) is 1. The highest BCUT2D eigenvalue weighted by atomic mass is 16.5. The third-order valence-electron chi connectivity index (χ3n) is 5.27. The van der Waals surface area contributed by atoms with E-state index in [2.05, 4.69) is 39.4 Å². The van der Waals surface area contributed by atoms with E-state index in [4.69, 9.17) is 4.74 Å². The monoisotopic (exact) mass is 340 g/mol. The van der Waals surface area contributed by atoms with Gasteiger partial charge in [0, 0.05) is 19.4 Å². The molecule has 1 amide bonds. The van der Waals surface area contributed by atoms with Crippen molar-refractivity contribution in [2.75, 3.05) is 19.7 Å². The summed E-state index contributed by atoms with van der Waals surface area (Å²) in [6, 6.07) is 8.50. The Morgan fingerprint density at radius 2 is 2.28 bits per heavy atom. The van der Waals surface area contributed by atoms with Gasteiger partial charge in [-0.2, -0.15) is 5.10 Å². The summed E-state index contributed by atoms with van der Waals surface area (Å²) in [4.78, 5) is 19.2. The van der Waals surface area contributed by atoms with E-state index in [-0.39, 0.29) is 12.0 Å². The van der Waals surface area contributed by atoms with Crippen LogP contribution >= 0.6 is 0 Å². The van der Waals surface area contributed by atoms with Gasteiger partial charge in [-0.15, -0.1) is 0 Å². The second-order valence-electron chi connectivity index (χ2n) is 6.83. The van der Waals surface area contributed by atoms with Crippen molar-refractivity contribution in [1.82, 2.24) is 20.1 Å². The highest BCUT2D eigenvalue weighted by Gasteiger charge is 2.31. The first kappa shape index (κ1) is 16.3. The molecule has 4 rings (SSSR count). The highest BCUT2D eigenvalue weighted by Crippen LogP contribution is 2.36. The van der Waals surface area contributed by atoms with Crippen molar-refractivity contribution in [3.8, 4) is 0 Å². The van der Waals surface area contributed by atoms with E-state index in [1.807, 2.05) is 11.8 Å². The Bertz CT molecular complexity index is 757. The van der Waals surface area contributed by atoms with Gasteiger partial charge in [-0.1, -0.05) is 31.2 Å². The van der Waals surface area contributed by atoms with E-state index in [1.165, 1.54) is 11.1 Å². The van der Waals surface area contributed by atoms with Gasteiger partial charge in [0.05, 0.1) is 13.2 Å². The topological polar surface area (TPSA) is 71.1 Å². The molecule has 0 saturated carbocycles. The zero-order valence-corrected chi connectivity index (χ0v) is 14.6. The van der Waals surface area contributed by atoms with Crippen molar-refractivity contribution in [1.29, 1.82) is 0 Å². The minimum absolute atomic E-state index is 0.209. The fourth-order valence-electron chi connectivity index (χ4n) is 3.84. The molecule has 2 aromatic rings. The van der Waals surface area contributed by atoms with Crippen LogP contribution in [0.4, 0.5) is 0 Å². The molecular formula is C19H24N4O2. The summed E-state index contributed by atoms with van der Waals surface area (Å²) in [7, 11) is 0. The van der Waals surface area contributed by atoms with Gasteiger partial charge >= 0.3 is 0 Å². The number of aromatic nitrogens is 3. The summed E-state index contributed by atoms with van der Waals surface area (Å²) in [6.45, 7) is 3.75. The second kappa shape index (κ2) is 6.96. The van der Waals surface area contributed by atoms with Crippen LogP contribution in [0.1, 0.15) is 54.6 Å². The number of hydrogen-bond donors (Lipinski definition) is 1. The molecule has 1 aliphatic carbocycles. The van der Waals surface area contributed by atoms with E-state index in [1.54, 1.807) is 0 Å². The zero-order valence-electron chi connectivity index (χ0n) is 14.6. The van der Waals surface area contributed by atoms with Crippen LogP contribution in [-0.2, 0) is 22.4 Å². The van der Waals surface area contributed by atoms with Crippen molar-refractivity contribution < 1.29 is 9.53 Å². The summed E-state index contributed by atoms with van der Waals surface area (Å²) in [5.74, 6) is 2.06. The molecular weight excluding hydrogens is 316 g/mol. The number of H-pyrrole nitrogens is 1. The Balaban J connectivity index is 1.40. The van der Waals surface area contributed by atoms with Gasteiger partial charge in [-0.05, 0) is 29.9 Å². The van der Waals surface area contributed by atoms with Gasteiger partial charge in [0.2, 0.25) is 5.91 Å². The molecule has 6 heteroatoms. The molecule has 0 unspecified atom stereocenters.